The molecule has 1 aliphatic rings. The summed E-state index contributed by atoms with van der Waals surface area (Å²) in [5, 5.41) is 12.6. The molecule has 0 aliphatic carbocycles. The highest BCUT2D eigenvalue weighted by molar-refractivity contribution is 5.99. The number of carbonyl (C=O) groups excluding carboxylic acids is 1. The van der Waals surface area contributed by atoms with Gasteiger partial charge in [-0.05, 0) is 20.8 Å². The highest BCUT2D eigenvalue weighted by atomic mass is 16.3. The number of likely N-dealkylation sites (N-methyl/N-ethyl adjacent to an activating group) is 1. The molecular weight excluding hydrogens is 256 g/mol. The van der Waals surface area contributed by atoms with Crippen molar-refractivity contribution in [2.45, 2.75) is 46.6 Å². The first-order valence-electron chi connectivity index (χ1n) is 6.87. The summed E-state index contributed by atoms with van der Waals surface area (Å²) in [6, 6.07) is 0. The van der Waals surface area contributed by atoms with Gasteiger partial charge in [-0.1, -0.05) is 13.8 Å². The number of hydrogen-bond donors (Lipinski definition) is 2. The molecule has 20 heavy (non-hydrogen) atoms. The predicted octanol–water partition coefficient (Wildman–Crippen LogP) is 1.51. The number of fused-ring (bicyclic) bond motifs is 1. The molecule has 0 spiro atoms. The third kappa shape index (κ3) is 3.90. The summed E-state index contributed by atoms with van der Waals surface area (Å²) < 4.78 is 0. The van der Waals surface area contributed by atoms with Crippen LogP contribution in [0.15, 0.2) is 0 Å². The fraction of sp³-hybridized carbons (Fsp3) is 0.643. The number of amides is 1. The SMILES string of the molecule is CC.Cc1nc2c(c(N(C)CC(C)(C)O)n1)CC(=O)N2. The van der Waals surface area contributed by atoms with Crippen molar-refractivity contribution >= 4 is 17.5 Å². The second-order valence-electron chi connectivity index (χ2n) is 5.32. The summed E-state index contributed by atoms with van der Waals surface area (Å²) in [7, 11) is 1.85. The molecule has 1 aromatic rings. The Hall–Kier alpha value is -1.69. The van der Waals surface area contributed by atoms with Crippen LogP contribution < -0.4 is 10.2 Å². The lowest BCUT2D eigenvalue weighted by Gasteiger charge is -2.27. The van der Waals surface area contributed by atoms with Crippen LogP contribution >= 0.6 is 0 Å². The highest BCUT2D eigenvalue weighted by Gasteiger charge is 2.27. The molecule has 112 valence electrons. The zero-order chi connectivity index (χ0) is 15.5. The third-order valence-electron chi connectivity index (χ3n) is 2.68. The Bertz CT molecular complexity index is 495. The molecule has 0 saturated heterocycles. The van der Waals surface area contributed by atoms with Gasteiger partial charge in [-0.3, -0.25) is 4.79 Å². The van der Waals surface area contributed by atoms with Crippen LogP contribution in [0, 0.1) is 6.92 Å². The van der Waals surface area contributed by atoms with Crippen molar-refractivity contribution in [1.82, 2.24) is 9.97 Å². The number of aryl methyl sites for hydroxylation is 1. The minimum atomic E-state index is -0.823. The van der Waals surface area contributed by atoms with Crippen LogP contribution in [0.5, 0.6) is 0 Å². The first-order chi connectivity index (χ1) is 9.26. The van der Waals surface area contributed by atoms with Gasteiger partial charge in [0.25, 0.3) is 0 Å². The van der Waals surface area contributed by atoms with Crippen molar-refractivity contribution in [3.8, 4) is 0 Å². The van der Waals surface area contributed by atoms with E-state index in [4.69, 9.17) is 0 Å². The van der Waals surface area contributed by atoms with E-state index < -0.39 is 5.60 Å². The molecule has 0 saturated carbocycles. The number of anilines is 2. The van der Waals surface area contributed by atoms with Crippen LogP contribution in [0.1, 0.15) is 39.1 Å². The van der Waals surface area contributed by atoms with E-state index in [0.29, 0.717) is 30.4 Å². The van der Waals surface area contributed by atoms with Crippen molar-refractivity contribution in [2.24, 2.45) is 0 Å². The third-order valence-corrected chi connectivity index (χ3v) is 2.68. The number of aliphatic hydroxyl groups is 1. The van der Waals surface area contributed by atoms with E-state index in [-0.39, 0.29) is 5.91 Å². The molecule has 0 bridgehead atoms. The normalized spacial score (nSPS) is 13.2. The first kappa shape index (κ1) is 16.4. The van der Waals surface area contributed by atoms with E-state index >= 15 is 0 Å². The monoisotopic (exact) mass is 280 g/mol. The van der Waals surface area contributed by atoms with Gasteiger partial charge >= 0.3 is 0 Å². The molecule has 6 heteroatoms. The summed E-state index contributed by atoms with van der Waals surface area (Å²) in [4.78, 5) is 21.9. The minimum Gasteiger partial charge on any atom is -0.389 e. The smallest absolute Gasteiger partial charge is 0.230 e. The fourth-order valence-electron chi connectivity index (χ4n) is 2.15. The van der Waals surface area contributed by atoms with Crippen LogP contribution in [-0.4, -0.2) is 40.2 Å². The topological polar surface area (TPSA) is 78.3 Å². The van der Waals surface area contributed by atoms with Crippen LogP contribution in [-0.2, 0) is 11.2 Å². The van der Waals surface area contributed by atoms with E-state index in [2.05, 4.69) is 15.3 Å². The summed E-state index contributed by atoms with van der Waals surface area (Å²) in [5.41, 5.74) is -0.0198. The summed E-state index contributed by atoms with van der Waals surface area (Å²) in [6.45, 7) is 9.69. The van der Waals surface area contributed by atoms with Gasteiger partial charge in [0.05, 0.1) is 12.0 Å². The molecule has 0 unspecified atom stereocenters. The van der Waals surface area contributed by atoms with Gasteiger partial charge in [-0.15, -0.1) is 0 Å². The zero-order valence-electron chi connectivity index (χ0n) is 13.1. The summed E-state index contributed by atoms with van der Waals surface area (Å²) >= 11 is 0. The van der Waals surface area contributed by atoms with Crippen LogP contribution in [0.2, 0.25) is 0 Å². The maximum absolute atomic E-state index is 11.4. The maximum atomic E-state index is 11.4. The van der Waals surface area contributed by atoms with E-state index in [1.165, 1.54) is 0 Å². The average Bonchev–Trinajstić information content (AvgIpc) is 2.68. The Morgan fingerprint density at radius 3 is 2.50 bits per heavy atom. The summed E-state index contributed by atoms with van der Waals surface area (Å²) in [6.07, 6.45) is 0.293. The fourth-order valence-corrected chi connectivity index (χ4v) is 2.15. The van der Waals surface area contributed by atoms with Crippen molar-refractivity contribution in [2.75, 3.05) is 23.8 Å². The molecule has 0 aromatic carbocycles. The Balaban J connectivity index is 0.000000956. The number of nitrogens with one attached hydrogen (secondary N) is 1. The van der Waals surface area contributed by atoms with Gasteiger partial charge in [0.2, 0.25) is 5.91 Å². The molecule has 0 atom stereocenters. The first-order valence-corrected chi connectivity index (χ1v) is 6.87. The van der Waals surface area contributed by atoms with Crippen molar-refractivity contribution in [1.29, 1.82) is 0 Å². The van der Waals surface area contributed by atoms with Gasteiger partial charge in [0, 0.05) is 19.2 Å². The number of rotatable bonds is 3. The van der Waals surface area contributed by atoms with Crippen LogP contribution in [0.4, 0.5) is 11.6 Å². The average molecular weight is 280 g/mol. The maximum Gasteiger partial charge on any atom is 0.230 e. The van der Waals surface area contributed by atoms with E-state index in [9.17, 15) is 9.90 Å². The molecule has 2 heterocycles. The quantitative estimate of drug-likeness (QED) is 0.877. The van der Waals surface area contributed by atoms with E-state index in [1.807, 2.05) is 25.8 Å². The zero-order valence-corrected chi connectivity index (χ0v) is 13.1. The molecule has 2 N–H and O–H groups in total. The molecule has 0 radical (unpaired) electrons. The van der Waals surface area contributed by atoms with Crippen molar-refractivity contribution in [3.63, 3.8) is 0 Å². The largest absolute Gasteiger partial charge is 0.389 e. The number of carbonyl (C=O) groups is 1. The lowest BCUT2D eigenvalue weighted by atomic mass is 10.1. The molecule has 6 nitrogen and oxygen atoms in total. The molecular formula is C14H24N4O2. The van der Waals surface area contributed by atoms with Gasteiger partial charge in [0.15, 0.2) is 0 Å². The molecule has 1 amide bonds. The summed E-state index contributed by atoms with van der Waals surface area (Å²) in [5.74, 6) is 1.83. The van der Waals surface area contributed by atoms with E-state index in [0.717, 1.165) is 5.56 Å². The Labute approximate surface area is 120 Å². The van der Waals surface area contributed by atoms with Crippen molar-refractivity contribution < 1.29 is 9.90 Å². The van der Waals surface area contributed by atoms with E-state index in [1.54, 1.807) is 20.8 Å². The number of hydrogen-bond acceptors (Lipinski definition) is 5. The molecule has 1 aliphatic heterocycles. The van der Waals surface area contributed by atoms with Crippen LogP contribution in [0.3, 0.4) is 0 Å². The Kier molecular flexibility index (Phi) is 5.05. The second kappa shape index (κ2) is 6.17. The number of nitrogens with zero attached hydrogens (tertiary/aromatic N) is 3. The molecule has 0 fully saturated rings. The lowest BCUT2D eigenvalue weighted by molar-refractivity contribution is -0.115. The minimum absolute atomic E-state index is 0.0668. The standard InChI is InChI=1S/C12H18N4O2.C2H6/c1-7-13-10-8(5-9(17)15-10)11(14-7)16(4)6-12(2,3)18;1-2/h18H,5-6H2,1-4H3,(H,13,14,15,17);1-2H3. The Morgan fingerprint density at radius 1 is 1.35 bits per heavy atom. The highest BCUT2D eigenvalue weighted by Crippen LogP contribution is 2.29. The number of aromatic nitrogens is 2. The second-order valence-corrected chi connectivity index (χ2v) is 5.32. The molecule has 2 rings (SSSR count). The molecule has 1 aromatic heterocycles. The van der Waals surface area contributed by atoms with Crippen molar-refractivity contribution in [3.05, 3.63) is 11.4 Å². The Morgan fingerprint density at radius 2 is 1.95 bits per heavy atom. The van der Waals surface area contributed by atoms with Gasteiger partial charge in [0.1, 0.15) is 17.5 Å². The predicted molar refractivity (Wildman–Crippen MR) is 80.0 cm³/mol. The lowest BCUT2D eigenvalue weighted by Crippen LogP contribution is -2.37. The van der Waals surface area contributed by atoms with Gasteiger partial charge in [-0.2, -0.15) is 0 Å². The van der Waals surface area contributed by atoms with Crippen LogP contribution in [0.25, 0.3) is 0 Å². The van der Waals surface area contributed by atoms with Gasteiger partial charge < -0.3 is 15.3 Å². The van der Waals surface area contributed by atoms with Gasteiger partial charge in [-0.25, -0.2) is 9.97 Å².